The van der Waals surface area contributed by atoms with Crippen molar-refractivity contribution in [3.05, 3.63) is 59.4 Å². The topological polar surface area (TPSA) is 50.8 Å². The highest BCUT2D eigenvalue weighted by Crippen LogP contribution is 2.30. The molecule has 1 heterocycles. The van der Waals surface area contributed by atoms with Gasteiger partial charge >= 0.3 is 0 Å². The molecule has 3 rings (SSSR count). The lowest BCUT2D eigenvalue weighted by Crippen LogP contribution is -2.35. The molecule has 0 saturated heterocycles. The third-order valence-electron chi connectivity index (χ3n) is 4.12. The molecule has 0 aromatic heterocycles. The van der Waals surface area contributed by atoms with E-state index in [1.807, 2.05) is 30.1 Å². The van der Waals surface area contributed by atoms with E-state index in [4.69, 9.17) is 9.47 Å². The van der Waals surface area contributed by atoms with Crippen molar-refractivity contribution in [2.24, 2.45) is 0 Å². The second kappa shape index (κ2) is 8.67. The maximum Gasteiger partial charge on any atom is 0.234 e. The summed E-state index contributed by atoms with van der Waals surface area (Å²) >= 11 is 0. The van der Waals surface area contributed by atoms with Gasteiger partial charge in [-0.3, -0.25) is 9.69 Å². The van der Waals surface area contributed by atoms with Crippen LogP contribution in [-0.4, -0.2) is 44.2 Å². The summed E-state index contributed by atoms with van der Waals surface area (Å²) in [5, 5.41) is 2.92. The number of nitrogens with one attached hydrogen (secondary N) is 1. The zero-order valence-corrected chi connectivity index (χ0v) is 14.8. The van der Waals surface area contributed by atoms with Gasteiger partial charge in [0.2, 0.25) is 5.91 Å². The van der Waals surface area contributed by atoms with Gasteiger partial charge in [0.15, 0.2) is 11.5 Å². The number of hydrogen-bond donors (Lipinski definition) is 1. The van der Waals surface area contributed by atoms with E-state index in [9.17, 15) is 9.18 Å². The molecule has 2 aromatic carbocycles. The number of likely N-dealkylation sites (N-methyl/N-ethyl adjacent to an activating group) is 1. The average molecular weight is 358 g/mol. The Hall–Kier alpha value is -2.60. The Morgan fingerprint density at radius 1 is 1.08 bits per heavy atom. The van der Waals surface area contributed by atoms with Crippen LogP contribution in [0.1, 0.15) is 11.1 Å². The monoisotopic (exact) mass is 358 g/mol. The van der Waals surface area contributed by atoms with Crippen molar-refractivity contribution in [1.29, 1.82) is 0 Å². The number of benzene rings is 2. The molecule has 0 radical (unpaired) electrons. The van der Waals surface area contributed by atoms with E-state index in [0.717, 1.165) is 29.0 Å². The highest BCUT2D eigenvalue weighted by Gasteiger charge is 2.12. The molecule has 0 fully saturated rings. The maximum atomic E-state index is 12.9. The number of nitrogens with zero attached hydrogens (tertiary/aromatic N) is 1. The molecule has 1 aliphatic heterocycles. The van der Waals surface area contributed by atoms with E-state index in [-0.39, 0.29) is 11.7 Å². The Morgan fingerprint density at radius 3 is 2.54 bits per heavy atom. The first-order chi connectivity index (χ1) is 12.6. The minimum Gasteiger partial charge on any atom is -0.486 e. The van der Waals surface area contributed by atoms with E-state index in [1.165, 1.54) is 12.1 Å². The fraction of sp³-hybridized carbons (Fsp3) is 0.350. The molecule has 0 bridgehead atoms. The fourth-order valence-corrected chi connectivity index (χ4v) is 2.85. The first-order valence-electron chi connectivity index (χ1n) is 8.68. The molecule has 0 aliphatic carbocycles. The molecule has 5 nitrogen and oxygen atoms in total. The van der Waals surface area contributed by atoms with Gasteiger partial charge in [-0.25, -0.2) is 4.39 Å². The van der Waals surface area contributed by atoms with Crippen molar-refractivity contribution in [3.63, 3.8) is 0 Å². The van der Waals surface area contributed by atoms with Crippen molar-refractivity contribution >= 4 is 5.91 Å². The van der Waals surface area contributed by atoms with Gasteiger partial charge in [-0.1, -0.05) is 18.2 Å². The van der Waals surface area contributed by atoms with Crippen LogP contribution in [0.15, 0.2) is 42.5 Å². The van der Waals surface area contributed by atoms with Gasteiger partial charge in [0.1, 0.15) is 19.0 Å². The molecular formula is C20H23FN2O3. The summed E-state index contributed by atoms with van der Waals surface area (Å²) < 4.78 is 24.0. The van der Waals surface area contributed by atoms with Gasteiger partial charge in [-0.2, -0.15) is 0 Å². The van der Waals surface area contributed by atoms with Gasteiger partial charge in [0.05, 0.1) is 6.54 Å². The van der Waals surface area contributed by atoms with E-state index < -0.39 is 0 Å². The number of carbonyl (C=O) groups excluding carboxylic acids is 1. The third-order valence-corrected chi connectivity index (χ3v) is 4.12. The first kappa shape index (κ1) is 18.2. The van der Waals surface area contributed by atoms with Gasteiger partial charge in [0.25, 0.3) is 0 Å². The first-order valence-corrected chi connectivity index (χ1v) is 8.68. The van der Waals surface area contributed by atoms with Gasteiger partial charge in [0, 0.05) is 13.1 Å². The second-order valence-electron chi connectivity index (χ2n) is 6.38. The summed E-state index contributed by atoms with van der Waals surface area (Å²) in [5.74, 6) is 1.24. The predicted octanol–water partition coefficient (Wildman–Crippen LogP) is 2.39. The highest BCUT2D eigenvalue weighted by molar-refractivity contribution is 5.77. The largest absolute Gasteiger partial charge is 0.486 e. The smallest absolute Gasteiger partial charge is 0.234 e. The zero-order chi connectivity index (χ0) is 18.4. The van der Waals surface area contributed by atoms with Gasteiger partial charge < -0.3 is 14.8 Å². The predicted molar refractivity (Wildman–Crippen MR) is 96.9 cm³/mol. The Kier molecular flexibility index (Phi) is 6.07. The van der Waals surface area contributed by atoms with Crippen LogP contribution >= 0.6 is 0 Å². The van der Waals surface area contributed by atoms with Crippen LogP contribution in [-0.2, 0) is 17.8 Å². The molecule has 1 amide bonds. The van der Waals surface area contributed by atoms with Crippen LogP contribution in [0.2, 0.25) is 0 Å². The summed E-state index contributed by atoms with van der Waals surface area (Å²) in [4.78, 5) is 14.0. The molecule has 6 heteroatoms. The third kappa shape index (κ3) is 5.20. The molecule has 2 aromatic rings. The van der Waals surface area contributed by atoms with Crippen molar-refractivity contribution < 1.29 is 18.7 Å². The highest BCUT2D eigenvalue weighted by atomic mass is 19.1. The number of halogens is 1. The van der Waals surface area contributed by atoms with Gasteiger partial charge in [-0.05, 0) is 48.9 Å². The number of amides is 1. The van der Waals surface area contributed by atoms with Crippen LogP contribution in [0.3, 0.4) is 0 Å². The molecule has 0 atom stereocenters. The Labute approximate surface area is 152 Å². The molecular weight excluding hydrogens is 335 g/mol. The summed E-state index contributed by atoms with van der Waals surface area (Å²) in [7, 11) is 1.86. The van der Waals surface area contributed by atoms with E-state index in [2.05, 4.69) is 5.32 Å². The number of ether oxygens (including phenoxy) is 2. The molecule has 1 aliphatic rings. The maximum absolute atomic E-state index is 12.9. The Balaban J connectivity index is 1.40. The lowest BCUT2D eigenvalue weighted by Gasteiger charge is -2.19. The molecule has 138 valence electrons. The Morgan fingerprint density at radius 2 is 1.77 bits per heavy atom. The van der Waals surface area contributed by atoms with Crippen molar-refractivity contribution in [1.82, 2.24) is 10.2 Å². The van der Waals surface area contributed by atoms with E-state index in [1.54, 1.807) is 12.1 Å². The quantitative estimate of drug-likeness (QED) is 0.826. The lowest BCUT2D eigenvalue weighted by molar-refractivity contribution is -0.122. The lowest BCUT2D eigenvalue weighted by atomic mass is 10.1. The van der Waals surface area contributed by atoms with E-state index in [0.29, 0.717) is 32.8 Å². The van der Waals surface area contributed by atoms with Crippen molar-refractivity contribution in [3.8, 4) is 11.5 Å². The summed E-state index contributed by atoms with van der Waals surface area (Å²) in [6.45, 7) is 2.58. The van der Waals surface area contributed by atoms with Crippen molar-refractivity contribution in [2.45, 2.75) is 13.0 Å². The molecule has 26 heavy (non-hydrogen) atoms. The van der Waals surface area contributed by atoms with Crippen LogP contribution in [0.4, 0.5) is 4.39 Å². The SMILES string of the molecule is CN(CC(=O)NCCc1ccc2c(c1)OCCO2)Cc1ccc(F)cc1. The number of hydrogen-bond acceptors (Lipinski definition) is 4. The standard InChI is InChI=1S/C20H23FN2O3/c1-23(13-16-2-5-17(21)6-3-16)14-20(24)22-9-8-15-4-7-18-19(12-15)26-11-10-25-18/h2-7,12H,8-11,13-14H2,1H3,(H,22,24). The molecule has 0 spiro atoms. The van der Waals surface area contributed by atoms with Crippen molar-refractivity contribution in [2.75, 3.05) is 33.4 Å². The van der Waals surface area contributed by atoms with Crippen LogP contribution in [0.25, 0.3) is 0 Å². The normalized spacial score (nSPS) is 12.9. The summed E-state index contributed by atoms with van der Waals surface area (Å²) in [5.41, 5.74) is 2.06. The summed E-state index contributed by atoms with van der Waals surface area (Å²) in [6.07, 6.45) is 0.726. The van der Waals surface area contributed by atoms with Crippen LogP contribution in [0.5, 0.6) is 11.5 Å². The van der Waals surface area contributed by atoms with Gasteiger partial charge in [-0.15, -0.1) is 0 Å². The number of fused-ring (bicyclic) bond motifs is 1. The van der Waals surface area contributed by atoms with Crippen LogP contribution < -0.4 is 14.8 Å². The second-order valence-corrected chi connectivity index (χ2v) is 6.38. The molecule has 0 saturated carbocycles. The van der Waals surface area contributed by atoms with Crippen LogP contribution in [0, 0.1) is 5.82 Å². The number of carbonyl (C=O) groups is 1. The molecule has 0 unspecified atom stereocenters. The summed E-state index contributed by atoms with van der Waals surface area (Å²) in [6, 6.07) is 12.2. The Bertz CT molecular complexity index is 749. The zero-order valence-electron chi connectivity index (χ0n) is 14.8. The minimum atomic E-state index is -0.256. The van der Waals surface area contributed by atoms with E-state index >= 15 is 0 Å². The number of rotatable bonds is 7. The fourth-order valence-electron chi connectivity index (χ4n) is 2.85. The molecule has 1 N–H and O–H groups in total. The minimum absolute atomic E-state index is 0.0350. The average Bonchev–Trinajstić information content (AvgIpc) is 2.63.